The molecule has 21 heavy (non-hydrogen) atoms. The Morgan fingerprint density at radius 2 is 1.86 bits per heavy atom. The second kappa shape index (κ2) is 6.58. The monoisotopic (exact) mass is 311 g/mol. The molecule has 0 aliphatic heterocycles. The first-order chi connectivity index (χ1) is 9.85. The number of aromatic nitrogens is 2. The summed E-state index contributed by atoms with van der Waals surface area (Å²) in [4.78, 5) is 0. The molecule has 0 amide bonds. The predicted octanol–water partition coefficient (Wildman–Crippen LogP) is 3.34. The van der Waals surface area contributed by atoms with Gasteiger partial charge in [-0.2, -0.15) is 0 Å². The van der Waals surface area contributed by atoms with Crippen LogP contribution in [0.1, 0.15) is 36.3 Å². The van der Waals surface area contributed by atoms with Gasteiger partial charge in [-0.1, -0.05) is 12.1 Å². The van der Waals surface area contributed by atoms with Gasteiger partial charge in [0.05, 0.1) is 0 Å². The van der Waals surface area contributed by atoms with Gasteiger partial charge in [0.1, 0.15) is 10.0 Å². The zero-order chi connectivity index (χ0) is 15.5. The average molecular weight is 311 g/mol. The van der Waals surface area contributed by atoms with E-state index < -0.39 is 11.6 Å². The van der Waals surface area contributed by atoms with Crippen molar-refractivity contribution in [3.05, 3.63) is 45.4 Å². The molecule has 0 radical (unpaired) electrons. The summed E-state index contributed by atoms with van der Waals surface area (Å²) >= 11 is 1.44. The SMILES string of the molecule is CC(C)(C)NCCc1nnc(Cc2cccc(F)c2F)s1. The molecule has 0 spiro atoms. The number of benzene rings is 1. The van der Waals surface area contributed by atoms with Crippen LogP contribution in [0.25, 0.3) is 0 Å². The van der Waals surface area contributed by atoms with Crippen molar-refractivity contribution in [3.8, 4) is 0 Å². The normalized spacial score (nSPS) is 11.9. The third-order valence-corrected chi connectivity index (χ3v) is 3.86. The lowest BCUT2D eigenvalue weighted by Gasteiger charge is -2.19. The van der Waals surface area contributed by atoms with Gasteiger partial charge in [-0.3, -0.25) is 0 Å². The number of hydrogen-bond donors (Lipinski definition) is 1. The van der Waals surface area contributed by atoms with Crippen LogP contribution in [0.4, 0.5) is 8.78 Å². The molecule has 0 aliphatic carbocycles. The van der Waals surface area contributed by atoms with Crippen LogP contribution in [-0.2, 0) is 12.8 Å². The summed E-state index contributed by atoms with van der Waals surface area (Å²) in [6.07, 6.45) is 1.05. The highest BCUT2D eigenvalue weighted by Gasteiger charge is 2.12. The first kappa shape index (κ1) is 16.0. The quantitative estimate of drug-likeness (QED) is 0.920. The van der Waals surface area contributed by atoms with Crippen LogP contribution >= 0.6 is 11.3 Å². The number of hydrogen-bond acceptors (Lipinski definition) is 4. The Hall–Kier alpha value is -1.40. The Morgan fingerprint density at radius 3 is 2.57 bits per heavy atom. The average Bonchev–Trinajstić information content (AvgIpc) is 2.81. The maximum atomic E-state index is 13.6. The van der Waals surface area contributed by atoms with Crippen molar-refractivity contribution >= 4 is 11.3 Å². The van der Waals surface area contributed by atoms with Gasteiger partial charge in [0.2, 0.25) is 0 Å². The summed E-state index contributed by atoms with van der Waals surface area (Å²) < 4.78 is 26.7. The smallest absolute Gasteiger partial charge is 0.162 e. The minimum absolute atomic E-state index is 0.0677. The van der Waals surface area contributed by atoms with Crippen LogP contribution in [0.15, 0.2) is 18.2 Å². The summed E-state index contributed by atoms with van der Waals surface area (Å²) in [5.74, 6) is -1.63. The maximum Gasteiger partial charge on any atom is 0.162 e. The van der Waals surface area contributed by atoms with E-state index in [1.165, 1.54) is 17.4 Å². The van der Waals surface area contributed by atoms with Crippen LogP contribution in [0.5, 0.6) is 0 Å². The Kier molecular flexibility index (Phi) is 5.00. The van der Waals surface area contributed by atoms with E-state index in [0.29, 0.717) is 10.6 Å². The molecule has 114 valence electrons. The molecule has 0 fully saturated rings. The standard InChI is InChI=1S/C15H19F2N3S/c1-15(2,3)18-8-7-12-19-20-13(21-12)9-10-5-4-6-11(16)14(10)17/h4-6,18H,7-9H2,1-3H3. The second-order valence-corrected chi connectivity index (χ2v) is 7.05. The molecule has 1 aromatic heterocycles. The molecule has 1 heterocycles. The molecule has 2 rings (SSSR count). The minimum atomic E-state index is -0.827. The van der Waals surface area contributed by atoms with E-state index in [-0.39, 0.29) is 12.0 Å². The highest BCUT2D eigenvalue weighted by atomic mass is 32.1. The molecule has 1 aromatic carbocycles. The topological polar surface area (TPSA) is 37.8 Å². The van der Waals surface area contributed by atoms with E-state index >= 15 is 0 Å². The van der Waals surface area contributed by atoms with Gasteiger partial charge in [-0.25, -0.2) is 8.78 Å². The van der Waals surface area contributed by atoms with E-state index in [4.69, 9.17) is 0 Å². The van der Waals surface area contributed by atoms with E-state index in [1.54, 1.807) is 6.07 Å². The first-order valence-electron chi connectivity index (χ1n) is 6.84. The molecular weight excluding hydrogens is 292 g/mol. The Bertz CT molecular complexity index is 605. The molecule has 0 aliphatic rings. The molecule has 0 atom stereocenters. The fourth-order valence-corrected chi connectivity index (χ4v) is 2.72. The molecule has 2 aromatic rings. The molecule has 1 N–H and O–H groups in total. The summed E-state index contributed by atoms with van der Waals surface area (Å²) in [5.41, 5.74) is 0.378. The highest BCUT2D eigenvalue weighted by molar-refractivity contribution is 7.11. The van der Waals surface area contributed by atoms with Gasteiger partial charge >= 0.3 is 0 Å². The molecule has 0 bridgehead atoms. The summed E-state index contributed by atoms with van der Waals surface area (Å²) in [7, 11) is 0. The summed E-state index contributed by atoms with van der Waals surface area (Å²) in [5, 5.41) is 13.1. The zero-order valence-electron chi connectivity index (χ0n) is 12.4. The molecular formula is C15H19F2N3S. The van der Waals surface area contributed by atoms with Gasteiger partial charge in [-0.05, 0) is 32.4 Å². The number of rotatable bonds is 5. The molecule has 0 saturated heterocycles. The number of nitrogens with zero attached hydrogens (tertiary/aromatic N) is 2. The lowest BCUT2D eigenvalue weighted by molar-refractivity contribution is 0.429. The van der Waals surface area contributed by atoms with Crippen molar-refractivity contribution < 1.29 is 8.78 Å². The maximum absolute atomic E-state index is 13.6. The van der Waals surface area contributed by atoms with Crippen LogP contribution in [0, 0.1) is 11.6 Å². The van der Waals surface area contributed by atoms with E-state index in [0.717, 1.165) is 24.0 Å². The van der Waals surface area contributed by atoms with Gasteiger partial charge in [-0.15, -0.1) is 21.5 Å². The predicted molar refractivity (Wildman–Crippen MR) is 80.5 cm³/mol. The van der Waals surface area contributed by atoms with Crippen molar-refractivity contribution in [2.45, 2.75) is 39.2 Å². The highest BCUT2D eigenvalue weighted by Crippen LogP contribution is 2.18. The van der Waals surface area contributed by atoms with Crippen LogP contribution < -0.4 is 5.32 Å². The largest absolute Gasteiger partial charge is 0.312 e. The van der Waals surface area contributed by atoms with Crippen molar-refractivity contribution in [3.63, 3.8) is 0 Å². The van der Waals surface area contributed by atoms with Crippen LogP contribution in [0.3, 0.4) is 0 Å². The van der Waals surface area contributed by atoms with Gasteiger partial charge in [0, 0.05) is 24.9 Å². The lowest BCUT2D eigenvalue weighted by atomic mass is 10.1. The Morgan fingerprint density at radius 1 is 1.14 bits per heavy atom. The van der Waals surface area contributed by atoms with E-state index in [2.05, 4.69) is 36.3 Å². The molecule has 3 nitrogen and oxygen atoms in total. The van der Waals surface area contributed by atoms with Gasteiger partial charge in [0.15, 0.2) is 11.6 Å². The Balaban J connectivity index is 1.95. The van der Waals surface area contributed by atoms with E-state index in [9.17, 15) is 8.78 Å². The lowest BCUT2D eigenvalue weighted by Crippen LogP contribution is -2.37. The van der Waals surface area contributed by atoms with Crippen LogP contribution in [0.2, 0.25) is 0 Å². The summed E-state index contributed by atoms with van der Waals surface area (Å²) in [6, 6.07) is 4.19. The van der Waals surface area contributed by atoms with Crippen LogP contribution in [-0.4, -0.2) is 22.3 Å². The fraction of sp³-hybridized carbons (Fsp3) is 0.467. The zero-order valence-corrected chi connectivity index (χ0v) is 13.2. The van der Waals surface area contributed by atoms with E-state index in [1.807, 2.05) is 0 Å². The Labute approximate surface area is 127 Å². The van der Waals surface area contributed by atoms with Gasteiger partial charge in [0.25, 0.3) is 0 Å². The van der Waals surface area contributed by atoms with Crippen molar-refractivity contribution in [2.24, 2.45) is 0 Å². The van der Waals surface area contributed by atoms with Crippen molar-refractivity contribution in [1.82, 2.24) is 15.5 Å². The minimum Gasteiger partial charge on any atom is -0.312 e. The first-order valence-corrected chi connectivity index (χ1v) is 7.66. The molecule has 0 saturated carbocycles. The molecule has 6 heteroatoms. The third kappa shape index (κ3) is 4.82. The fourth-order valence-electron chi connectivity index (χ4n) is 1.85. The summed E-state index contributed by atoms with van der Waals surface area (Å²) in [6.45, 7) is 7.12. The molecule has 0 unspecified atom stereocenters. The van der Waals surface area contributed by atoms with Gasteiger partial charge < -0.3 is 5.32 Å². The number of halogens is 2. The van der Waals surface area contributed by atoms with Crippen molar-refractivity contribution in [1.29, 1.82) is 0 Å². The second-order valence-electron chi connectivity index (χ2n) is 5.91. The van der Waals surface area contributed by atoms with Crippen molar-refractivity contribution in [2.75, 3.05) is 6.54 Å². The number of nitrogens with one attached hydrogen (secondary N) is 1. The third-order valence-electron chi connectivity index (χ3n) is 2.88.